The van der Waals surface area contributed by atoms with E-state index in [0.29, 0.717) is 0 Å². The quantitative estimate of drug-likeness (QED) is 0.855. The molecule has 140 valence electrons. The van der Waals surface area contributed by atoms with Gasteiger partial charge < -0.3 is 9.84 Å². The molecular formula is C19H27N5O2. The summed E-state index contributed by atoms with van der Waals surface area (Å²) >= 11 is 0. The molecule has 1 aromatic carbocycles. The van der Waals surface area contributed by atoms with E-state index in [0.717, 1.165) is 42.6 Å². The average molecular weight is 357 g/mol. The third-order valence-electron chi connectivity index (χ3n) is 5.91. The Morgan fingerprint density at radius 3 is 2.58 bits per heavy atom. The van der Waals surface area contributed by atoms with Gasteiger partial charge in [-0.2, -0.15) is 4.68 Å². The zero-order chi connectivity index (χ0) is 17.9. The molecule has 1 aliphatic carbocycles. The number of benzene rings is 1. The number of aromatic nitrogens is 4. The van der Waals surface area contributed by atoms with E-state index in [2.05, 4.69) is 20.4 Å². The third kappa shape index (κ3) is 3.33. The molecule has 1 saturated carbocycles. The van der Waals surface area contributed by atoms with E-state index in [9.17, 15) is 5.11 Å². The Morgan fingerprint density at radius 2 is 1.88 bits per heavy atom. The van der Waals surface area contributed by atoms with E-state index in [1.165, 1.54) is 25.7 Å². The van der Waals surface area contributed by atoms with Crippen LogP contribution in [0.25, 0.3) is 5.69 Å². The van der Waals surface area contributed by atoms with Crippen LogP contribution < -0.4 is 4.74 Å². The van der Waals surface area contributed by atoms with Crippen molar-refractivity contribution in [3.8, 4) is 11.4 Å². The summed E-state index contributed by atoms with van der Waals surface area (Å²) in [5, 5.41) is 22.4. The molecule has 0 radical (unpaired) electrons. The predicted molar refractivity (Wildman–Crippen MR) is 97.2 cm³/mol. The van der Waals surface area contributed by atoms with Crippen LogP contribution in [0, 0.1) is 5.92 Å². The highest BCUT2D eigenvalue weighted by molar-refractivity contribution is 5.37. The van der Waals surface area contributed by atoms with Crippen molar-refractivity contribution in [2.24, 2.45) is 5.92 Å². The van der Waals surface area contributed by atoms with Crippen LogP contribution in [0.4, 0.5) is 0 Å². The Kier molecular flexibility index (Phi) is 5.17. The number of methoxy groups -OCH3 is 1. The number of nitrogens with zero attached hydrogens (tertiary/aromatic N) is 5. The first-order chi connectivity index (χ1) is 12.8. The molecule has 2 fully saturated rings. The van der Waals surface area contributed by atoms with Gasteiger partial charge in [0.1, 0.15) is 5.75 Å². The highest BCUT2D eigenvalue weighted by Crippen LogP contribution is 2.38. The van der Waals surface area contributed by atoms with Crippen molar-refractivity contribution in [2.45, 2.75) is 50.6 Å². The molecule has 0 unspecified atom stereocenters. The van der Waals surface area contributed by atoms with Crippen LogP contribution in [0.2, 0.25) is 0 Å². The Hall–Kier alpha value is -1.99. The summed E-state index contributed by atoms with van der Waals surface area (Å²) < 4.78 is 7.06. The number of hydrogen-bond acceptors (Lipinski definition) is 6. The molecule has 2 atom stereocenters. The topological polar surface area (TPSA) is 76.3 Å². The summed E-state index contributed by atoms with van der Waals surface area (Å²) in [4.78, 5) is 2.45. The van der Waals surface area contributed by atoms with E-state index in [1.54, 1.807) is 7.11 Å². The SMILES string of the molecule is COc1ccc(-n2nnnc2[C@@H]2CC[C@@H](CO)N2CC2CCCC2)cc1. The van der Waals surface area contributed by atoms with Crippen LogP contribution in [-0.2, 0) is 0 Å². The van der Waals surface area contributed by atoms with Gasteiger partial charge >= 0.3 is 0 Å². The van der Waals surface area contributed by atoms with E-state index >= 15 is 0 Å². The molecule has 4 rings (SSSR count). The first kappa shape index (κ1) is 17.4. The summed E-state index contributed by atoms with van der Waals surface area (Å²) in [6.45, 7) is 1.23. The number of likely N-dealkylation sites (tertiary alicyclic amines) is 1. The average Bonchev–Trinajstić information content (AvgIpc) is 3.42. The van der Waals surface area contributed by atoms with Crippen molar-refractivity contribution < 1.29 is 9.84 Å². The van der Waals surface area contributed by atoms with Gasteiger partial charge in [-0.05, 0) is 66.3 Å². The van der Waals surface area contributed by atoms with Crippen molar-refractivity contribution in [3.05, 3.63) is 30.1 Å². The third-order valence-corrected chi connectivity index (χ3v) is 5.91. The van der Waals surface area contributed by atoms with Crippen molar-refractivity contribution in [3.63, 3.8) is 0 Å². The fourth-order valence-corrected chi connectivity index (χ4v) is 4.49. The molecule has 7 heteroatoms. The normalized spacial score (nSPS) is 24.4. The Bertz CT molecular complexity index is 711. The number of aliphatic hydroxyl groups excluding tert-OH is 1. The van der Waals surface area contributed by atoms with Crippen LogP contribution in [0.5, 0.6) is 5.75 Å². The lowest BCUT2D eigenvalue weighted by molar-refractivity contribution is 0.108. The molecule has 1 aliphatic heterocycles. The zero-order valence-electron chi connectivity index (χ0n) is 15.3. The van der Waals surface area contributed by atoms with Gasteiger partial charge in [-0.3, -0.25) is 4.90 Å². The van der Waals surface area contributed by atoms with Crippen molar-refractivity contribution in [1.82, 2.24) is 25.1 Å². The van der Waals surface area contributed by atoms with Crippen LogP contribution >= 0.6 is 0 Å². The Labute approximate surface area is 154 Å². The van der Waals surface area contributed by atoms with Gasteiger partial charge in [0.15, 0.2) is 5.82 Å². The number of hydrogen-bond donors (Lipinski definition) is 1. The molecular weight excluding hydrogens is 330 g/mol. The van der Waals surface area contributed by atoms with Gasteiger partial charge in [0.05, 0.1) is 25.4 Å². The minimum Gasteiger partial charge on any atom is -0.497 e. The molecule has 7 nitrogen and oxygen atoms in total. The standard InChI is InChI=1S/C19H27N5O2/c1-26-17-9-6-15(7-10-17)24-19(20-21-22-24)18-11-8-16(13-25)23(18)12-14-4-2-3-5-14/h6-7,9-10,14,16,18,25H,2-5,8,11-13H2,1H3/t16-,18-/m0/s1. The second kappa shape index (κ2) is 7.72. The second-order valence-electron chi connectivity index (χ2n) is 7.42. The first-order valence-electron chi connectivity index (χ1n) is 9.59. The van der Waals surface area contributed by atoms with E-state index < -0.39 is 0 Å². The van der Waals surface area contributed by atoms with Crippen molar-refractivity contribution in [1.29, 1.82) is 0 Å². The van der Waals surface area contributed by atoms with Crippen molar-refractivity contribution >= 4 is 0 Å². The fraction of sp³-hybridized carbons (Fsp3) is 0.632. The number of aliphatic hydroxyl groups is 1. The van der Waals surface area contributed by atoms with Gasteiger partial charge in [-0.15, -0.1) is 5.10 Å². The van der Waals surface area contributed by atoms with Crippen LogP contribution in [0.15, 0.2) is 24.3 Å². The molecule has 1 N–H and O–H groups in total. The van der Waals surface area contributed by atoms with Crippen molar-refractivity contribution in [2.75, 3.05) is 20.3 Å². The lowest BCUT2D eigenvalue weighted by Gasteiger charge is -2.31. The zero-order valence-corrected chi connectivity index (χ0v) is 15.3. The maximum absolute atomic E-state index is 9.86. The molecule has 0 amide bonds. The number of ether oxygens (including phenoxy) is 1. The Balaban J connectivity index is 1.60. The number of rotatable bonds is 6. The predicted octanol–water partition coefficient (Wildman–Crippen LogP) is 2.36. The lowest BCUT2D eigenvalue weighted by Crippen LogP contribution is -2.38. The summed E-state index contributed by atoms with van der Waals surface area (Å²) in [5.41, 5.74) is 0.930. The minimum atomic E-state index is 0.157. The van der Waals surface area contributed by atoms with Gasteiger partial charge in [-0.1, -0.05) is 12.8 Å². The van der Waals surface area contributed by atoms with Crippen LogP contribution in [-0.4, -0.2) is 56.5 Å². The summed E-state index contributed by atoms with van der Waals surface area (Å²) in [6, 6.07) is 8.15. The van der Waals surface area contributed by atoms with E-state index in [1.807, 2.05) is 28.9 Å². The molecule has 0 bridgehead atoms. The maximum atomic E-state index is 9.86. The largest absolute Gasteiger partial charge is 0.497 e. The summed E-state index contributed by atoms with van der Waals surface area (Å²) in [7, 11) is 1.66. The van der Waals surface area contributed by atoms with Gasteiger partial charge in [0.25, 0.3) is 0 Å². The molecule has 2 aliphatic rings. The minimum absolute atomic E-state index is 0.157. The van der Waals surface area contributed by atoms with Crippen LogP contribution in [0.1, 0.15) is 50.4 Å². The maximum Gasteiger partial charge on any atom is 0.173 e. The second-order valence-corrected chi connectivity index (χ2v) is 7.42. The summed E-state index contributed by atoms with van der Waals surface area (Å²) in [5.74, 6) is 2.41. The van der Waals surface area contributed by atoms with Crippen LogP contribution in [0.3, 0.4) is 0 Å². The van der Waals surface area contributed by atoms with E-state index in [4.69, 9.17) is 4.74 Å². The van der Waals surface area contributed by atoms with Gasteiger partial charge in [0.2, 0.25) is 0 Å². The Morgan fingerprint density at radius 1 is 1.12 bits per heavy atom. The number of tetrazole rings is 1. The molecule has 2 heterocycles. The molecule has 1 aromatic heterocycles. The summed E-state index contributed by atoms with van der Waals surface area (Å²) in [6.07, 6.45) is 7.22. The molecule has 2 aromatic rings. The van der Waals surface area contributed by atoms with E-state index in [-0.39, 0.29) is 18.7 Å². The lowest BCUT2D eigenvalue weighted by atomic mass is 10.1. The first-order valence-corrected chi connectivity index (χ1v) is 9.59. The van der Waals surface area contributed by atoms with Gasteiger partial charge in [-0.25, -0.2) is 0 Å². The smallest absolute Gasteiger partial charge is 0.173 e. The molecule has 26 heavy (non-hydrogen) atoms. The monoisotopic (exact) mass is 357 g/mol. The highest BCUT2D eigenvalue weighted by Gasteiger charge is 2.38. The van der Waals surface area contributed by atoms with Gasteiger partial charge in [0, 0.05) is 12.6 Å². The fourth-order valence-electron chi connectivity index (χ4n) is 4.49. The molecule has 0 spiro atoms. The molecule has 1 saturated heterocycles. The highest BCUT2D eigenvalue weighted by atomic mass is 16.5.